The predicted molar refractivity (Wildman–Crippen MR) is 83.4 cm³/mol. The third kappa shape index (κ3) is 3.10. The fourth-order valence-electron chi connectivity index (χ4n) is 2.89. The molecule has 1 aromatic carbocycles. The monoisotopic (exact) mass is 305 g/mol. The van der Waals surface area contributed by atoms with Crippen molar-refractivity contribution in [2.45, 2.75) is 19.9 Å². The normalized spacial score (nSPS) is 22.8. The van der Waals surface area contributed by atoms with E-state index in [9.17, 15) is 0 Å². The lowest BCUT2D eigenvalue weighted by Crippen LogP contribution is -2.31. The Bertz CT molecular complexity index is 613. The topological polar surface area (TPSA) is 60.0 Å². The van der Waals surface area contributed by atoms with Gasteiger partial charge in [0.1, 0.15) is 12.7 Å². The second-order valence-electron chi connectivity index (χ2n) is 6.09. The van der Waals surface area contributed by atoms with Gasteiger partial charge < -0.3 is 5.73 Å². The first-order chi connectivity index (χ1) is 10.1. The van der Waals surface area contributed by atoms with Crippen molar-refractivity contribution in [3.05, 3.63) is 41.4 Å². The molecular formula is C15H20ClN5. The minimum atomic E-state index is 0.236. The maximum atomic E-state index is 6.13. The second-order valence-corrected chi connectivity index (χ2v) is 6.52. The zero-order valence-corrected chi connectivity index (χ0v) is 12.9. The summed E-state index contributed by atoms with van der Waals surface area (Å²) in [6.45, 7) is 5.98. The molecule has 0 amide bonds. The zero-order valence-electron chi connectivity index (χ0n) is 12.2. The van der Waals surface area contributed by atoms with Gasteiger partial charge in [0, 0.05) is 18.1 Å². The second kappa shape index (κ2) is 5.75. The number of nitrogens with two attached hydrogens (primary N) is 1. The molecule has 2 N–H and O–H groups in total. The standard InChI is InChI=1S/C15H20ClN5/c1-15(8-17)4-5-20(9-15)7-12-2-3-13(16)6-14(12)21-11-18-10-19-21/h2-3,6,10-11H,4-5,7-9,17H2,1H3. The van der Waals surface area contributed by atoms with Crippen LogP contribution in [0.1, 0.15) is 18.9 Å². The van der Waals surface area contributed by atoms with Crippen LogP contribution in [0, 0.1) is 5.41 Å². The number of benzene rings is 1. The maximum Gasteiger partial charge on any atom is 0.138 e. The van der Waals surface area contributed by atoms with Crippen LogP contribution in [0.3, 0.4) is 0 Å². The predicted octanol–water partition coefficient (Wildman–Crippen LogP) is 2.09. The van der Waals surface area contributed by atoms with E-state index in [2.05, 4.69) is 28.0 Å². The molecule has 1 aromatic heterocycles. The van der Waals surface area contributed by atoms with E-state index < -0.39 is 0 Å². The zero-order chi connectivity index (χ0) is 14.9. The van der Waals surface area contributed by atoms with Crippen molar-refractivity contribution in [2.75, 3.05) is 19.6 Å². The van der Waals surface area contributed by atoms with Crippen molar-refractivity contribution in [1.29, 1.82) is 0 Å². The van der Waals surface area contributed by atoms with E-state index in [0.29, 0.717) is 5.02 Å². The van der Waals surface area contributed by atoms with Crippen molar-refractivity contribution in [3.8, 4) is 5.69 Å². The van der Waals surface area contributed by atoms with Crippen molar-refractivity contribution in [3.63, 3.8) is 0 Å². The smallest absolute Gasteiger partial charge is 0.138 e. The molecule has 1 unspecified atom stereocenters. The third-order valence-corrected chi connectivity index (χ3v) is 4.47. The molecule has 0 saturated carbocycles. The minimum Gasteiger partial charge on any atom is -0.330 e. The molecule has 0 radical (unpaired) electrons. The van der Waals surface area contributed by atoms with E-state index in [1.165, 1.54) is 11.9 Å². The molecule has 1 atom stereocenters. The summed E-state index contributed by atoms with van der Waals surface area (Å²) in [5, 5.41) is 4.92. The summed E-state index contributed by atoms with van der Waals surface area (Å²) in [5.41, 5.74) is 8.31. The van der Waals surface area contributed by atoms with Gasteiger partial charge in [0.2, 0.25) is 0 Å². The molecular weight excluding hydrogens is 286 g/mol. The van der Waals surface area contributed by atoms with Crippen molar-refractivity contribution in [1.82, 2.24) is 19.7 Å². The Hall–Kier alpha value is -1.43. The van der Waals surface area contributed by atoms with Crippen LogP contribution in [0.2, 0.25) is 5.02 Å². The minimum absolute atomic E-state index is 0.236. The molecule has 2 aromatic rings. The summed E-state index contributed by atoms with van der Waals surface area (Å²) in [6, 6.07) is 5.93. The van der Waals surface area contributed by atoms with Crippen LogP contribution in [-0.2, 0) is 6.54 Å². The summed E-state index contributed by atoms with van der Waals surface area (Å²) < 4.78 is 1.76. The number of rotatable bonds is 4. The first-order valence-corrected chi connectivity index (χ1v) is 7.53. The van der Waals surface area contributed by atoms with Crippen LogP contribution in [0.4, 0.5) is 0 Å². The summed E-state index contributed by atoms with van der Waals surface area (Å²) in [6.07, 6.45) is 4.38. The number of hydrogen-bond donors (Lipinski definition) is 1. The molecule has 1 saturated heterocycles. The van der Waals surface area contributed by atoms with Gasteiger partial charge in [0.15, 0.2) is 0 Å². The highest BCUT2D eigenvalue weighted by molar-refractivity contribution is 6.30. The molecule has 1 aliphatic heterocycles. The quantitative estimate of drug-likeness (QED) is 0.939. The molecule has 0 aliphatic carbocycles. The van der Waals surface area contributed by atoms with Crippen molar-refractivity contribution < 1.29 is 0 Å². The van der Waals surface area contributed by atoms with Crippen LogP contribution < -0.4 is 5.73 Å². The van der Waals surface area contributed by atoms with Gasteiger partial charge in [-0.3, -0.25) is 4.90 Å². The van der Waals surface area contributed by atoms with Gasteiger partial charge in [-0.15, -0.1) is 0 Å². The Morgan fingerprint density at radius 3 is 2.95 bits per heavy atom. The van der Waals surface area contributed by atoms with Gasteiger partial charge in [-0.2, -0.15) is 5.10 Å². The lowest BCUT2D eigenvalue weighted by molar-refractivity contribution is 0.274. The fourth-order valence-corrected chi connectivity index (χ4v) is 3.05. The Labute approximate surface area is 129 Å². The van der Waals surface area contributed by atoms with Crippen LogP contribution in [0.5, 0.6) is 0 Å². The largest absolute Gasteiger partial charge is 0.330 e. The highest BCUT2D eigenvalue weighted by Gasteiger charge is 2.32. The molecule has 1 aliphatic rings. The SMILES string of the molecule is CC1(CN)CCN(Cc2ccc(Cl)cc2-n2cncn2)C1. The maximum absolute atomic E-state index is 6.13. The number of aromatic nitrogens is 3. The Kier molecular flexibility index (Phi) is 3.97. The number of hydrogen-bond acceptors (Lipinski definition) is 4. The highest BCUT2D eigenvalue weighted by atomic mass is 35.5. The molecule has 21 heavy (non-hydrogen) atoms. The van der Waals surface area contributed by atoms with Crippen molar-refractivity contribution >= 4 is 11.6 Å². The number of halogens is 1. The van der Waals surface area contributed by atoms with Gasteiger partial charge in [-0.25, -0.2) is 9.67 Å². The average Bonchev–Trinajstić information content (AvgIpc) is 3.11. The van der Waals surface area contributed by atoms with Crippen molar-refractivity contribution in [2.24, 2.45) is 11.1 Å². The molecule has 112 valence electrons. The van der Waals surface area contributed by atoms with Crippen LogP contribution >= 0.6 is 11.6 Å². The fraction of sp³-hybridized carbons (Fsp3) is 0.467. The number of likely N-dealkylation sites (tertiary alicyclic amines) is 1. The van der Waals surface area contributed by atoms with E-state index in [4.69, 9.17) is 17.3 Å². The third-order valence-electron chi connectivity index (χ3n) is 4.24. The van der Waals surface area contributed by atoms with Crippen LogP contribution in [-0.4, -0.2) is 39.3 Å². The van der Waals surface area contributed by atoms with Gasteiger partial charge in [0.05, 0.1) is 5.69 Å². The van der Waals surface area contributed by atoms with E-state index in [1.54, 1.807) is 11.0 Å². The van der Waals surface area contributed by atoms with Crippen LogP contribution in [0.25, 0.3) is 5.69 Å². The van der Waals surface area contributed by atoms with E-state index >= 15 is 0 Å². The van der Waals surface area contributed by atoms with Crippen LogP contribution in [0.15, 0.2) is 30.9 Å². The van der Waals surface area contributed by atoms with E-state index in [0.717, 1.165) is 38.3 Å². The molecule has 0 spiro atoms. The molecule has 2 heterocycles. The molecule has 1 fully saturated rings. The summed E-state index contributed by atoms with van der Waals surface area (Å²) >= 11 is 6.13. The Balaban J connectivity index is 1.83. The average molecular weight is 306 g/mol. The summed E-state index contributed by atoms with van der Waals surface area (Å²) in [4.78, 5) is 6.46. The Morgan fingerprint density at radius 1 is 1.43 bits per heavy atom. The van der Waals surface area contributed by atoms with Gasteiger partial charge in [0.25, 0.3) is 0 Å². The van der Waals surface area contributed by atoms with E-state index in [1.807, 2.05) is 12.1 Å². The van der Waals surface area contributed by atoms with Gasteiger partial charge in [-0.1, -0.05) is 24.6 Å². The molecule has 6 heteroatoms. The highest BCUT2D eigenvalue weighted by Crippen LogP contribution is 2.30. The summed E-state index contributed by atoms with van der Waals surface area (Å²) in [7, 11) is 0. The first-order valence-electron chi connectivity index (χ1n) is 7.15. The molecule has 5 nitrogen and oxygen atoms in total. The molecule has 0 bridgehead atoms. The molecule has 3 rings (SSSR count). The summed E-state index contributed by atoms with van der Waals surface area (Å²) in [5.74, 6) is 0. The lowest BCUT2D eigenvalue weighted by Gasteiger charge is -2.23. The van der Waals surface area contributed by atoms with E-state index in [-0.39, 0.29) is 5.41 Å². The first kappa shape index (κ1) is 14.5. The van der Waals surface area contributed by atoms with Gasteiger partial charge >= 0.3 is 0 Å². The Morgan fingerprint density at radius 2 is 2.29 bits per heavy atom. The van der Waals surface area contributed by atoms with Gasteiger partial charge in [-0.05, 0) is 42.6 Å². The number of nitrogens with zero attached hydrogens (tertiary/aromatic N) is 4. The lowest BCUT2D eigenvalue weighted by atomic mass is 9.90.